The summed E-state index contributed by atoms with van der Waals surface area (Å²) in [6.07, 6.45) is 5.40. The molecule has 0 spiro atoms. The van der Waals surface area contributed by atoms with Crippen LogP contribution in [0.2, 0.25) is 0 Å². The monoisotopic (exact) mass is 289 g/mol. The topological polar surface area (TPSA) is 55.6 Å². The minimum atomic E-state index is 0.723. The van der Waals surface area contributed by atoms with Crippen molar-refractivity contribution < 1.29 is 0 Å². The lowest BCUT2D eigenvalue weighted by molar-refractivity contribution is 0.545. The smallest absolute Gasteiger partial charge is 0.214 e. The Hall–Kier alpha value is -1.40. The van der Waals surface area contributed by atoms with Crippen molar-refractivity contribution in [3.05, 3.63) is 30.3 Å². The third kappa shape index (κ3) is 3.37. The molecule has 1 aliphatic rings. The summed E-state index contributed by atoms with van der Waals surface area (Å²) < 4.78 is 1.79. The summed E-state index contributed by atoms with van der Waals surface area (Å²) >= 11 is 1.70. The standard InChI is InChI=1S/C14H19N5S/c1-2-8-13(9-3-1)19-14(16-17-18-19)20-11-10-15-12-6-4-5-7-12/h1-3,8-9,12,15H,4-7,10-11H2. The molecule has 0 amide bonds. The summed E-state index contributed by atoms with van der Waals surface area (Å²) in [5.74, 6) is 0.990. The highest BCUT2D eigenvalue weighted by molar-refractivity contribution is 7.99. The molecule has 106 valence electrons. The van der Waals surface area contributed by atoms with E-state index >= 15 is 0 Å². The Kier molecular flexibility index (Phi) is 4.65. The molecule has 0 aliphatic heterocycles. The number of hydrogen-bond acceptors (Lipinski definition) is 5. The highest BCUT2D eigenvalue weighted by Crippen LogP contribution is 2.19. The van der Waals surface area contributed by atoms with Gasteiger partial charge in [-0.2, -0.15) is 4.68 Å². The van der Waals surface area contributed by atoms with Gasteiger partial charge < -0.3 is 5.32 Å². The van der Waals surface area contributed by atoms with Crippen LogP contribution in [-0.4, -0.2) is 38.5 Å². The number of nitrogens with zero attached hydrogens (tertiary/aromatic N) is 4. The van der Waals surface area contributed by atoms with E-state index in [0.29, 0.717) is 0 Å². The molecule has 1 N–H and O–H groups in total. The maximum Gasteiger partial charge on any atom is 0.214 e. The fraction of sp³-hybridized carbons (Fsp3) is 0.500. The fourth-order valence-electron chi connectivity index (χ4n) is 2.54. The first kappa shape index (κ1) is 13.6. The Morgan fingerprint density at radius 2 is 2.00 bits per heavy atom. The quantitative estimate of drug-likeness (QED) is 0.653. The molecule has 5 nitrogen and oxygen atoms in total. The zero-order valence-corrected chi connectivity index (χ0v) is 12.2. The Morgan fingerprint density at radius 1 is 1.20 bits per heavy atom. The lowest BCUT2D eigenvalue weighted by atomic mass is 10.2. The van der Waals surface area contributed by atoms with Gasteiger partial charge in [0.1, 0.15) is 0 Å². The highest BCUT2D eigenvalue weighted by atomic mass is 32.2. The van der Waals surface area contributed by atoms with E-state index in [1.807, 2.05) is 30.3 Å². The van der Waals surface area contributed by atoms with Crippen molar-refractivity contribution in [2.75, 3.05) is 12.3 Å². The van der Waals surface area contributed by atoms with E-state index in [0.717, 1.165) is 29.2 Å². The van der Waals surface area contributed by atoms with Crippen molar-refractivity contribution in [1.82, 2.24) is 25.5 Å². The van der Waals surface area contributed by atoms with Crippen molar-refractivity contribution in [2.45, 2.75) is 36.9 Å². The number of aromatic nitrogens is 4. The van der Waals surface area contributed by atoms with Gasteiger partial charge in [0, 0.05) is 18.3 Å². The van der Waals surface area contributed by atoms with Gasteiger partial charge in [0.15, 0.2) is 0 Å². The molecular weight excluding hydrogens is 270 g/mol. The number of para-hydroxylation sites is 1. The van der Waals surface area contributed by atoms with E-state index in [1.165, 1.54) is 25.7 Å². The third-order valence-electron chi connectivity index (χ3n) is 3.56. The van der Waals surface area contributed by atoms with Crippen LogP contribution in [0.3, 0.4) is 0 Å². The first-order chi connectivity index (χ1) is 9.93. The van der Waals surface area contributed by atoms with Crippen molar-refractivity contribution in [2.24, 2.45) is 0 Å². The maximum atomic E-state index is 4.10. The van der Waals surface area contributed by atoms with Crippen LogP contribution in [0, 0.1) is 0 Å². The second-order valence-electron chi connectivity index (χ2n) is 4.99. The molecule has 6 heteroatoms. The first-order valence-electron chi connectivity index (χ1n) is 7.13. The van der Waals surface area contributed by atoms with E-state index < -0.39 is 0 Å². The average molecular weight is 289 g/mol. The minimum Gasteiger partial charge on any atom is -0.313 e. The zero-order chi connectivity index (χ0) is 13.6. The molecule has 0 radical (unpaired) electrons. The van der Waals surface area contributed by atoms with Gasteiger partial charge in [0.25, 0.3) is 0 Å². The van der Waals surface area contributed by atoms with Crippen LogP contribution < -0.4 is 5.32 Å². The molecule has 3 rings (SSSR count). The fourth-order valence-corrected chi connectivity index (χ4v) is 3.30. The summed E-state index contributed by atoms with van der Waals surface area (Å²) in [6.45, 7) is 1.01. The van der Waals surface area contributed by atoms with Gasteiger partial charge in [-0.3, -0.25) is 0 Å². The van der Waals surface area contributed by atoms with E-state index in [4.69, 9.17) is 0 Å². The molecule has 1 aromatic carbocycles. The first-order valence-corrected chi connectivity index (χ1v) is 8.12. The predicted molar refractivity (Wildman–Crippen MR) is 80.1 cm³/mol. The molecule has 1 heterocycles. The molecule has 20 heavy (non-hydrogen) atoms. The van der Waals surface area contributed by atoms with Crippen molar-refractivity contribution in [3.8, 4) is 5.69 Å². The molecule has 2 aromatic rings. The Labute approximate surface area is 123 Å². The number of tetrazole rings is 1. The molecule has 0 atom stereocenters. The molecule has 1 aliphatic carbocycles. The van der Waals surface area contributed by atoms with Crippen molar-refractivity contribution in [1.29, 1.82) is 0 Å². The summed E-state index contributed by atoms with van der Waals surface area (Å²) in [5.41, 5.74) is 1.00. The van der Waals surface area contributed by atoms with Crippen molar-refractivity contribution in [3.63, 3.8) is 0 Å². The van der Waals surface area contributed by atoms with Gasteiger partial charge in [-0.15, -0.1) is 5.10 Å². The van der Waals surface area contributed by atoms with Gasteiger partial charge in [-0.05, 0) is 35.4 Å². The van der Waals surface area contributed by atoms with Crippen LogP contribution >= 0.6 is 11.8 Å². The summed E-state index contributed by atoms with van der Waals surface area (Å²) in [7, 11) is 0. The Balaban J connectivity index is 1.52. The molecule has 1 aromatic heterocycles. The predicted octanol–water partition coefficient (Wildman–Crippen LogP) is 2.29. The van der Waals surface area contributed by atoms with Crippen LogP contribution in [0.5, 0.6) is 0 Å². The van der Waals surface area contributed by atoms with Gasteiger partial charge in [-0.1, -0.05) is 42.8 Å². The van der Waals surface area contributed by atoms with Gasteiger partial charge in [-0.25, -0.2) is 0 Å². The summed E-state index contributed by atoms with van der Waals surface area (Å²) in [6, 6.07) is 10.7. The highest BCUT2D eigenvalue weighted by Gasteiger charge is 2.14. The van der Waals surface area contributed by atoms with Gasteiger partial charge >= 0.3 is 0 Å². The Bertz CT molecular complexity index is 521. The van der Waals surface area contributed by atoms with Crippen LogP contribution in [0.1, 0.15) is 25.7 Å². The largest absolute Gasteiger partial charge is 0.313 e. The van der Waals surface area contributed by atoms with Crippen LogP contribution in [-0.2, 0) is 0 Å². The molecular formula is C14H19N5S. The van der Waals surface area contributed by atoms with Gasteiger partial charge in [0.2, 0.25) is 5.16 Å². The van der Waals surface area contributed by atoms with E-state index in [-0.39, 0.29) is 0 Å². The number of thioether (sulfide) groups is 1. The number of rotatable bonds is 6. The molecule has 0 saturated heterocycles. The lowest BCUT2D eigenvalue weighted by Crippen LogP contribution is -2.28. The number of benzene rings is 1. The van der Waals surface area contributed by atoms with Crippen molar-refractivity contribution >= 4 is 11.8 Å². The molecule has 0 unspecified atom stereocenters. The maximum absolute atomic E-state index is 4.10. The van der Waals surface area contributed by atoms with Crippen LogP contribution in [0.25, 0.3) is 5.69 Å². The zero-order valence-electron chi connectivity index (χ0n) is 11.4. The lowest BCUT2D eigenvalue weighted by Gasteiger charge is -2.10. The molecule has 1 fully saturated rings. The van der Waals surface area contributed by atoms with E-state index in [2.05, 4.69) is 20.8 Å². The van der Waals surface area contributed by atoms with Crippen LogP contribution in [0.4, 0.5) is 0 Å². The molecule has 1 saturated carbocycles. The molecule has 0 bridgehead atoms. The van der Waals surface area contributed by atoms with Gasteiger partial charge in [0.05, 0.1) is 5.69 Å². The number of hydrogen-bond donors (Lipinski definition) is 1. The second kappa shape index (κ2) is 6.85. The summed E-state index contributed by atoms with van der Waals surface area (Å²) in [5, 5.41) is 16.4. The summed E-state index contributed by atoms with van der Waals surface area (Å²) in [4.78, 5) is 0. The Morgan fingerprint density at radius 3 is 2.80 bits per heavy atom. The minimum absolute atomic E-state index is 0.723. The van der Waals surface area contributed by atoms with Crippen LogP contribution in [0.15, 0.2) is 35.5 Å². The normalized spacial score (nSPS) is 15.8. The average Bonchev–Trinajstić information content (AvgIpc) is 3.16. The van der Waals surface area contributed by atoms with E-state index in [1.54, 1.807) is 16.4 Å². The SMILES string of the molecule is c1ccc(-n2nnnc2SCCNC2CCCC2)cc1. The third-order valence-corrected chi connectivity index (χ3v) is 4.48. The van der Waals surface area contributed by atoms with E-state index in [9.17, 15) is 0 Å². The number of nitrogens with one attached hydrogen (secondary N) is 1. The second-order valence-corrected chi connectivity index (χ2v) is 6.05.